The third kappa shape index (κ3) is 2.54. The van der Waals surface area contributed by atoms with Gasteiger partial charge in [0.1, 0.15) is 0 Å². The average Bonchev–Trinajstić information content (AvgIpc) is 2.03. The highest BCUT2D eigenvalue weighted by Crippen LogP contribution is 2.27. The lowest BCUT2D eigenvalue weighted by atomic mass is 10.0. The molecule has 70 valence electrons. The van der Waals surface area contributed by atoms with Crippen LogP contribution in [0.1, 0.15) is 18.4 Å². The molecule has 1 aromatic rings. The van der Waals surface area contributed by atoms with Gasteiger partial charge >= 0.3 is 5.97 Å². The molecule has 0 aliphatic carbocycles. The summed E-state index contributed by atoms with van der Waals surface area (Å²) in [5.41, 5.74) is 0.788. The summed E-state index contributed by atoms with van der Waals surface area (Å²) in [5.74, 6) is -1.30. The van der Waals surface area contributed by atoms with E-state index in [0.29, 0.717) is 0 Å². The molecule has 4 heteroatoms. The third-order valence-electron chi connectivity index (χ3n) is 1.80. The molecular formula is C9H8Br2O2. The van der Waals surface area contributed by atoms with E-state index in [9.17, 15) is 4.79 Å². The van der Waals surface area contributed by atoms with E-state index in [1.165, 1.54) is 0 Å². The van der Waals surface area contributed by atoms with Gasteiger partial charge in [0.05, 0.1) is 5.92 Å². The van der Waals surface area contributed by atoms with Gasteiger partial charge in [-0.05, 0) is 24.6 Å². The van der Waals surface area contributed by atoms with Gasteiger partial charge in [0, 0.05) is 8.95 Å². The molecule has 13 heavy (non-hydrogen) atoms. The molecule has 0 bridgehead atoms. The second-order valence-corrected chi connectivity index (χ2v) is 4.50. The largest absolute Gasteiger partial charge is 0.481 e. The van der Waals surface area contributed by atoms with Crippen LogP contribution in [0.3, 0.4) is 0 Å². The van der Waals surface area contributed by atoms with Crippen molar-refractivity contribution in [1.29, 1.82) is 0 Å². The summed E-state index contributed by atoms with van der Waals surface area (Å²) in [6.07, 6.45) is 0. The summed E-state index contributed by atoms with van der Waals surface area (Å²) in [7, 11) is 0. The van der Waals surface area contributed by atoms with E-state index < -0.39 is 11.9 Å². The van der Waals surface area contributed by atoms with Crippen molar-refractivity contribution in [2.75, 3.05) is 0 Å². The topological polar surface area (TPSA) is 37.3 Å². The predicted octanol–water partition coefficient (Wildman–Crippen LogP) is 3.40. The smallest absolute Gasteiger partial charge is 0.310 e. The number of aliphatic carboxylic acids is 1. The van der Waals surface area contributed by atoms with Crippen LogP contribution in [-0.2, 0) is 4.79 Å². The quantitative estimate of drug-likeness (QED) is 0.909. The van der Waals surface area contributed by atoms with Crippen molar-refractivity contribution in [3.63, 3.8) is 0 Å². The number of carboxylic acids is 1. The molecule has 1 rings (SSSR count). The van der Waals surface area contributed by atoms with E-state index in [2.05, 4.69) is 31.9 Å². The molecule has 2 nitrogen and oxygen atoms in total. The van der Waals surface area contributed by atoms with Crippen LogP contribution in [0.15, 0.2) is 27.1 Å². The van der Waals surface area contributed by atoms with E-state index in [1.807, 2.05) is 12.1 Å². The van der Waals surface area contributed by atoms with Crippen molar-refractivity contribution in [3.05, 3.63) is 32.7 Å². The van der Waals surface area contributed by atoms with Crippen LogP contribution in [0.2, 0.25) is 0 Å². The lowest BCUT2D eigenvalue weighted by Crippen LogP contribution is -2.07. The summed E-state index contributed by atoms with van der Waals surface area (Å²) < 4.78 is 1.75. The van der Waals surface area contributed by atoms with Gasteiger partial charge < -0.3 is 5.11 Å². The molecule has 0 saturated carbocycles. The molecule has 1 atom stereocenters. The van der Waals surface area contributed by atoms with Crippen LogP contribution in [0.4, 0.5) is 0 Å². The number of carbonyl (C=O) groups is 1. The number of rotatable bonds is 2. The van der Waals surface area contributed by atoms with Crippen molar-refractivity contribution in [2.45, 2.75) is 12.8 Å². The van der Waals surface area contributed by atoms with Gasteiger partial charge in [-0.2, -0.15) is 0 Å². The number of hydrogen-bond acceptors (Lipinski definition) is 1. The lowest BCUT2D eigenvalue weighted by Gasteiger charge is -2.08. The minimum atomic E-state index is -0.817. The monoisotopic (exact) mass is 306 g/mol. The summed E-state index contributed by atoms with van der Waals surface area (Å²) in [4.78, 5) is 10.7. The van der Waals surface area contributed by atoms with Crippen LogP contribution in [-0.4, -0.2) is 11.1 Å². The fourth-order valence-corrected chi connectivity index (χ4v) is 2.38. The Morgan fingerprint density at radius 1 is 1.46 bits per heavy atom. The molecule has 0 heterocycles. The Labute approximate surface area is 93.2 Å². The SMILES string of the molecule is CC(C(=O)O)c1ccc(Br)cc1Br. The number of benzene rings is 1. The van der Waals surface area contributed by atoms with E-state index in [4.69, 9.17) is 5.11 Å². The summed E-state index contributed by atoms with van der Waals surface area (Å²) in [5, 5.41) is 8.80. The first-order valence-electron chi connectivity index (χ1n) is 3.70. The molecule has 0 amide bonds. The van der Waals surface area contributed by atoms with E-state index in [-0.39, 0.29) is 0 Å². The molecule has 0 aliphatic rings. The number of halogens is 2. The van der Waals surface area contributed by atoms with Crippen molar-refractivity contribution >= 4 is 37.8 Å². The summed E-state index contributed by atoms with van der Waals surface area (Å²) in [6, 6.07) is 5.47. The van der Waals surface area contributed by atoms with Gasteiger partial charge in [-0.3, -0.25) is 4.79 Å². The van der Waals surface area contributed by atoms with Gasteiger partial charge in [-0.1, -0.05) is 37.9 Å². The van der Waals surface area contributed by atoms with Crippen molar-refractivity contribution < 1.29 is 9.90 Å². The second-order valence-electron chi connectivity index (χ2n) is 2.73. The molecule has 0 aliphatic heterocycles. The molecule has 0 radical (unpaired) electrons. The molecular weight excluding hydrogens is 300 g/mol. The minimum Gasteiger partial charge on any atom is -0.481 e. The second kappa shape index (κ2) is 4.24. The maximum Gasteiger partial charge on any atom is 0.310 e. The molecule has 1 N–H and O–H groups in total. The summed E-state index contributed by atoms with van der Waals surface area (Å²) >= 11 is 6.63. The van der Waals surface area contributed by atoms with E-state index >= 15 is 0 Å². The van der Waals surface area contributed by atoms with E-state index in [1.54, 1.807) is 13.0 Å². The van der Waals surface area contributed by atoms with Crippen LogP contribution >= 0.6 is 31.9 Å². The Morgan fingerprint density at radius 3 is 2.54 bits per heavy atom. The Morgan fingerprint density at radius 2 is 2.08 bits per heavy atom. The lowest BCUT2D eigenvalue weighted by molar-refractivity contribution is -0.138. The van der Waals surface area contributed by atoms with Crippen molar-refractivity contribution in [1.82, 2.24) is 0 Å². The first-order chi connectivity index (χ1) is 6.02. The van der Waals surface area contributed by atoms with Crippen LogP contribution in [0.5, 0.6) is 0 Å². The Balaban J connectivity index is 3.08. The van der Waals surface area contributed by atoms with Crippen molar-refractivity contribution in [3.8, 4) is 0 Å². The normalized spacial score (nSPS) is 12.5. The zero-order valence-corrected chi connectivity index (χ0v) is 10.1. The highest BCUT2D eigenvalue weighted by Gasteiger charge is 2.16. The molecule has 0 spiro atoms. The van der Waals surface area contributed by atoms with Gasteiger partial charge in [0.2, 0.25) is 0 Å². The highest BCUT2D eigenvalue weighted by atomic mass is 79.9. The van der Waals surface area contributed by atoms with Gasteiger partial charge in [-0.15, -0.1) is 0 Å². The highest BCUT2D eigenvalue weighted by molar-refractivity contribution is 9.11. The van der Waals surface area contributed by atoms with Gasteiger partial charge in [0.15, 0.2) is 0 Å². The number of carboxylic acid groups (broad SMARTS) is 1. The fraction of sp³-hybridized carbons (Fsp3) is 0.222. The predicted molar refractivity (Wildman–Crippen MR) is 57.9 cm³/mol. The zero-order valence-electron chi connectivity index (χ0n) is 6.92. The molecule has 0 fully saturated rings. The maximum absolute atomic E-state index is 10.7. The van der Waals surface area contributed by atoms with Crippen LogP contribution in [0.25, 0.3) is 0 Å². The van der Waals surface area contributed by atoms with Crippen molar-refractivity contribution in [2.24, 2.45) is 0 Å². The van der Waals surface area contributed by atoms with Gasteiger partial charge in [0.25, 0.3) is 0 Å². The van der Waals surface area contributed by atoms with Crippen LogP contribution in [0, 0.1) is 0 Å². The minimum absolute atomic E-state index is 0.484. The Kier molecular flexibility index (Phi) is 3.50. The van der Waals surface area contributed by atoms with Crippen LogP contribution < -0.4 is 0 Å². The summed E-state index contributed by atoms with van der Waals surface area (Å²) in [6.45, 7) is 1.66. The molecule has 0 saturated heterocycles. The van der Waals surface area contributed by atoms with E-state index in [0.717, 1.165) is 14.5 Å². The molecule has 1 aromatic carbocycles. The number of hydrogen-bond donors (Lipinski definition) is 1. The third-order valence-corrected chi connectivity index (χ3v) is 2.98. The zero-order chi connectivity index (χ0) is 10.0. The first kappa shape index (κ1) is 10.7. The standard InChI is InChI=1S/C9H8Br2O2/c1-5(9(12)13)7-3-2-6(10)4-8(7)11/h2-5H,1H3,(H,12,13). The first-order valence-corrected chi connectivity index (χ1v) is 5.28. The Hall–Kier alpha value is -0.350. The maximum atomic E-state index is 10.7. The average molecular weight is 308 g/mol. The molecule has 1 unspecified atom stereocenters. The Bertz CT molecular complexity index is 336. The molecule has 0 aromatic heterocycles. The van der Waals surface area contributed by atoms with Gasteiger partial charge in [-0.25, -0.2) is 0 Å². The fourth-order valence-electron chi connectivity index (χ4n) is 0.986.